The minimum Gasteiger partial charge on any atom is -0.497 e. The van der Waals surface area contributed by atoms with Crippen LogP contribution in [0, 0.1) is 0 Å². The summed E-state index contributed by atoms with van der Waals surface area (Å²) in [5.74, 6) is 0.471. The van der Waals surface area contributed by atoms with Gasteiger partial charge in [0.05, 0.1) is 13.4 Å². The van der Waals surface area contributed by atoms with Crippen LogP contribution in [0.1, 0.15) is 35.9 Å². The summed E-state index contributed by atoms with van der Waals surface area (Å²) in [6.45, 7) is 3.78. The summed E-state index contributed by atoms with van der Waals surface area (Å²) in [5, 5.41) is 2.67. The topological polar surface area (TPSA) is 92.1 Å². The van der Waals surface area contributed by atoms with E-state index in [0.29, 0.717) is 45.4 Å². The number of ether oxygens (including phenoxy) is 1. The molecule has 1 aromatic carbocycles. The molecule has 1 aliphatic heterocycles. The van der Waals surface area contributed by atoms with Crippen LogP contribution >= 0.6 is 0 Å². The number of hydrogen-bond donors (Lipinski definition) is 1. The molecule has 1 atom stereocenters. The molecule has 3 amide bonds. The van der Waals surface area contributed by atoms with Crippen LogP contribution < -0.4 is 10.1 Å². The van der Waals surface area contributed by atoms with E-state index in [9.17, 15) is 14.4 Å². The van der Waals surface area contributed by atoms with Crippen molar-refractivity contribution in [2.24, 2.45) is 0 Å². The van der Waals surface area contributed by atoms with Crippen LogP contribution in [0.25, 0.3) is 0 Å². The smallest absolute Gasteiger partial charge is 0.287 e. The van der Waals surface area contributed by atoms with Gasteiger partial charge >= 0.3 is 0 Å². The Kier molecular flexibility index (Phi) is 7.70. The molecule has 1 aromatic heterocycles. The molecule has 2 aromatic rings. The normalized spacial score (nSPS) is 15.2. The lowest BCUT2D eigenvalue weighted by atomic mass is 10.1. The molecular weight excluding hydrogens is 398 g/mol. The van der Waals surface area contributed by atoms with Gasteiger partial charge in [-0.2, -0.15) is 0 Å². The lowest BCUT2D eigenvalue weighted by Gasteiger charge is -2.25. The standard InChI is InChI=1S/C23H29N3O5/c1-17(24-22(28)20-5-3-16-31-20)23(29)26-13-4-12-25(14-15-26)21(27)11-8-18-6-9-19(30-2)10-7-18/h3,5-7,9-10,16-17H,4,8,11-15H2,1-2H3,(H,24,28)/t17-/m1/s1. The molecule has 166 valence electrons. The van der Waals surface area contributed by atoms with E-state index in [2.05, 4.69) is 5.32 Å². The second-order valence-electron chi connectivity index (χ2n) is 7.58. The molecule has 0 saturated carbocycles. The molecule has 2 heterocycles. The number of benzene rings is 1. The van der Waals surface area contributed by atoms with Crippen LogP contribution in [0.5, 0.6) is 5.75 Å². The lowest BCUT2D eigenvalue weighted by Crippen LogP contribution is -2.48. The fourth-order valence-corrected chi connectivity index (χ4v) is 3.60. The minimum absolute atomic E-state index is 0.0873. The Hall–Kier alpha value is -3.29. The average molecular weight is 428 g/mol. The molecule has 1 saturated heterocycles. The summed E-state index contributed by atoms with van der Waals surface area (Å²) >= 11 is 0. The lowest BCUT2D eigenvalue weighted by molar-refractivity contribution is -0.134. The summed E-state index contributed by atoms with van der Waals surface area (Å²) < 4.78 is 10.2. The highest BCUT2D eigenvalue weighted by Crippen LogP contribution is 2.14. The van der Waals surface area contributed by atoms with E-state index in [0.717, 1.165) is 11.3 Å². The quantitative estimate of drug-likeness (QED) is 0.731. The molecule has 1 aliphatic rings. The summed E-state index contributed by atoms with van der Waals surface area (Å²) in [6.07, 6.45) is 3.21. The maximum atomic E-state index is 12.8. The molecule has 3 rings (SSSR count). The van der Waals surface area contributed by atoms with Crippen molar-refractivity contribution in [3.8, 4) is 5.75 Å². The van der Waals surface area contributed by atoms with Gasteiger partial charge in [0.15, 0.2) is 5.76 Å². The second kappa shape index (κ2) is 10.7. The highest BCUT2D eigenvalue weighted by Gasteiger charge is 2.26. The van der Waals surface area contributed by atoms with E-state index in [1.807, 2.05) is 29.2 Å². The van der Waals surface area contributed by atoms with Gasteiger partial charge in [0, 0.05) is 32.6 Å². The zero-order chi connectivity index (χ0) is 22.2. The number of nitrogens with zero attached hydrogens (tertiary/aromatic N) is 2. The zero-order valence-corrected chi connectivity index (χ0v) is 18.0. The van der Waals surface area contributed by atoms with Crippen molar-refractivity contribution in [1.29, 1.82) is 0 Å². The summed E-state index contributed by atoms with van der Waals surface area (Å²) in [5.41, 5.74) is 1.09. The predicted octanol–water partition coefficient (Wildman–Crippen LogP) is 2.10. The van der Waals surface area contributed by atoms with E-state index in [-0.39, 0.29) is 17.6 Å². The van der Waals surface area contributed by atoms with Gasteiger partial charge in [0.2, 0.25) is 11.8 Å². The maximum Gasteiger partial charge on any atom is 0.287 e. The van der Waals surface area contributed by atoms with Gasteiger partial charge in [-0.25, -0.2) is 0 Å². The average Bonchev–Trinajstić information content (AvgIpc) is 3.22. The SMILES string of the molecule is COc1ccc(CCC(=O)N2CCCN(C(=O)[C@@H](C)NC(=O)c3ccco3)CC2)cc1. The number of nitrogens with one attached hydrogen (secondary N) is 1. The number of methoxy groups -OCH3 is 1. The summed E-state index contributed by atoms with van der Waals surface area (Å²) in [4.78, 5) is 41.1. The van der Waals surface area contributed by atoms with Crippen LogP contribution in [0.3, 0.4) is 0 Å². The summed E-state index contributed by atoms with van der Waals surface area (Å²) in [6, 6.07) is 10.2. The van der Waals surface area contributed by atoms with E-state index < -0.39 is 11.9 Å². The molecule has 8 heteroatoms. The maximum absolute atomic E-state index is 12.8. The first-order valence-corrected chi connectivity index (χ1v) is 10.5. The summed E-state index contributed by atoms with van der Waals surface area (Å²) in [7, 11) is 1.62. The number of carbonyl (C=O) groups excluding carboxylic acids is 3. The first-order chi connectivity index (χ1) is 15.0. The molecule has 1 fully saturated rings. The van der Waals surface area contributed by atoms with Crippen molar-refractivity contribution < 1.29 is 23.5 Å². The number of carbonyl (C=O) groups is 3. The zero-order valence-electron chi connectivity index (χ0n) is 18.0. The fourth-order valence-electron chi connectivity index (χ4n) is 3.60. The van der Waals surface area contributed by atoms with Crippen LogP contribution in [-0.4, -0.2) is 66.9 Å². The molecule has 1 N–H and O–H groups in total. The van der Waals surface area contributed by atoms with Crippen molar-refractivity contribution >= 4 is 17.7 Å². The van der Waals surface area contributed by atoms with Crippen molar-refractivity contribution in [3.63, 3.8) is 0 Å². The molecule has 0 unspecified atom stereocenters. The third-order valence-corrected chi connectivity index (χ3v) is 5.41. The van der Waals surface area contributed by atoms with Gasteiger partial charge in [-0.15, -0.1) is 0 Å². The number of furan rings is 1. The highest BCUT2D eigenvalue weighted by atomic mass is 16.5. The minimum atomic E-state index is -0.671. The number of rotatable bonds is 7. The molecule has 0 radical (unpaired) electrons. The van der Waals surface area contributed by atoms with Gasteiger partial charge < -0.3 is 24.3 Å². The highest BCUT2D eigenvalue weighted by molar-refractivity contribution is 5.95. The molecule has 0 bridgehead atoms. The van der Waals surface area contributed by atoms with E-state index in [1.165, 1.54) is 6.26 Å². The van der Waals surface area contributed by atoms with Gasteiger partial charge in [0.1, 0.15) is 11.8 Å². The molecule has 8 nitrogen and oxygen atoms in total. The molecule has 0 spiro atoms. The third kappa shape index (κ3) is 6.10. The van der Waals surface area contributed by atoms with Gasteiger partial charge in [-0.3, -0.25) is 14.4 Å². The Morgan fingerprint density at radius 2 is 1.77 bits per heavy atom. The number of aryl methyl sites for hydroxylation is 1. The Balaban J connectivity index is 1.46. The van der Waals surface area contributed by atoms with Gasteiger partial charge in [-0.05, 0) is 49.6 Å². The Morgan fingerprint density at radius 3 is 2.45 bits per heavy atom. The first kappa shape index (κ1) is 22.4. The van der Waals surface area contributed by atoms with Gasteiger partial charge in [0.25, 0.3) is 5.91 Å². The predicted molar refractivity (Wildman–Crippen MR) is 115 cm³/mol. The van der Waals surface area contributed by atoms with E-state index in [1.54, 1.807) is 31.1 Å². The first-order valence-electron chi connectivity index (χ1n) is 10.5. The Bertz CT molecular complexity index is 879. The Labute approximate surface area is 182 Å². The molecular formula is C23H29N3O5. The number of amides is 3. The Morgan fingerprint density at radius 1 is 1.06 bits per heavy atom. The fraction of sp³-hybridized carbons (Fsp3) is 0.435. The van der Waals surface area contributed by atoms with Crippen molar-refractivity contribution in [3.05, 3.63) is 54.0 Å². The molecule has 31 heavy (non-hydrogen) atoms. The van der Waals surface area contributed by atoms with Gasteiger partial charge in [-0.1, -0.05) is 12.1 Å². The third-order valence-electron chi connectivity index (χ3n) is 5.41. The largest absolute Gasteiger partial charge is 0.497 e. The van der Waals surface area contributed by atoms with Crippen LogP contribution in [0.4, 0.5) is 0 Å². The van der Waals surface area contributed by atoms with Crippen LogP contribution in [0.15, 0.2) is 47.1 Å². The second-order valence-corrected chi connectivity index (χ2v) is 7.58. The van der Waals surface area contributed by atoms with E-state index >= 15 is 0 Å². The van der Waals surface area contributed by atoms with Crippen molar-refractivity contribution in [2.45, 2.75) is 32.2 Å². The molecule has 0 aliphatic carbocycles. The van der Waals surface area contributed by atoms with Crippen LogP contribution in [0.2, 0.25) is 0 Å². The van der Waals surface area contributed by atoms with Crippen molar-refractivity contribution in [1.82, 2.24) is 15.1 Å². The van der Waals surface area contributed by atoms with E-state index in [4.69, 9.17) is 9.15 Å². The van der Waals surface area contributed by atoms with Crippen LogP contribution in [-0.2, 0) is 16.0 Å². The number of hydrogen-bond acceptors (Lipinski definition) is 5. The van der Waals surface area contributed by atoms with Crippen molar-refractivity contribution in [2.75, 3.05) is 33.3 Å². The monoisotopic (exact) mass is 427 g/mol.